The van der Waals surface area contributed by atoms with Gasteiger partial charge in [0.15, 0.2) is 0 Å². The molecule has 1 amide bonds. The lowest BCUT2D eigenvalue weighted by molar-refractivity contribution is -0.132. The van der Waals surface area contributed by atoms with Crippen LogP contribution in [-0.2, 0) is 32.6 Å². The van der Waals surface area contributed by atoms with Crippen molar-refractivity contribution in [3.8, 4) is 0 Å². The van der Waals surface area contributed by atoms with Crippen LogP contribution in [0.2, 0.25) is 0 Å². The molecule has 1 aromatic heterocycles. The standard InChI is InChI=1S/C21H29FN2O4S2/c1-3-4-14-30(26,27)24(11-12-28-2)17-21(25)23(16-20-6-5-13-29-20)15-18-7-9-19(22)10-8-18/h5-10,13H,3-4,11-12,14-17H2,1-2H3. The van der Waals surface area contributed by atoms with Crippen LogP contribution in [0.5, 0.6) is 0 Å². The Balaban J connectivity index is 2.19. The van der Waals surface area contributed by atoms with Crippen molar-refractivity contribution < 1.29 is 22.3 Å². The van der Waals surface area contributed by atoms with Crippen LogP contribution in [0.15, 0.2) is 41.8 Å². The molecule has 166 valence electrons. The van der Waals surface area contributed by atoms with E-state index in [0.29, 0.717) is 13.0 Å². The highest BCUT2D eigenvalue weighted by Gasteiger charge is 2.26. The van der Waals surface area contributed by atoms with E-state index < -0.39 is 10.0 Å². The summed E-state index contributed by atoms with van der Waals surface area (Å²) >= 11 is 1.53. The fraction of sp³-hybridized carbons (Fsp3) is 0.476. The SMILES string of the molecule is CCCCS(=O)(=O)N(CCOC)CC(=O)N(Cc1ccc(F)cc1)Cc1cccs1. The lowest BCUT2D eigenvalue weighted by Crippen LogP contribution is -2.44. The van der Waals surface area contributed by atoms with Gasteiger partial charge in [-0.1, -0.05) is 31.5 Å². The number of unbranched alkanes of at least 4 members (excludes halogenated alkanes) is 1. The molecule has 0 bridgehead atoms. The van der Waals surface area contributed by atoms with Crippen molar-refractivity contribution in [1.82, 2.24) is 9.21 Å². The molecule has 0 aliphatic heterocycles. The molecule has 0 atom stereocenters. The fourth-order valence-corrected chi connectivity index (χ4v) is 5.14. The first-order valence-electron chi connectivity index (χ1n) is 9.87. The van der Waals surface area contributed by atoms with Crippen molar-refractivity contribution in [3.05, 3.63) is 58.0 Å². The highest BCUT2D eigenvalue weighted by Crippen LogP contribution is 2.16. The molecule has 0 saturated carbocycles. The molecule has 9 heteroatoms. The quantitative estimate of drug-likeness (QED) is 0.463. The number of carbonyl (C=O) groups is 1. The number of amides is 1. The smallest absolute Gasteiger partial charge is 0.238 e. The third-order valence-electron chi connectivity index (χ3n) is 4.57. The maximum Gasteiger partial charge on any atom is 0.238 e. The van der Waals surface area contributed by atoms with Crippen LogP contribution in [0.1, 0.15) is 30.2 Å². The Morgan fingerprint density at radius 1 is 1.17 bits per heavy atom. The second kappa shape index (κ2) is 12.1. The monoisotopic (exact) mass is 456 g/mol. The third-order valence-corrected chi connectivity index (χ3v) is 7.34. The van der Waals surface area contributed by atoms with E-state index in [1.165, 1.54) is 34.9 Å². The van der Waals surface area contributed by atoms with Crippen LogP contribution < -0.4 is 0 Å². The lowest BCUT2D eigenvalue weighted by atomic mass is 10.2. The van der Waals surface area contributed by atoms with Crippen molar-refractivity contribution in [3.63, 3.8) is 0 Å². The van der Waals surface area contributed by atoms with Gasteiger partial charge in [-0.15, -0.1) is 11.3 Å². The number of methoxy groups -OCH3 is 1. The second-order valence-electron chi connectivity index (χ2n) is 6.95. The maximum absolute atomic E-state index is 13.2. The third kappa shape index (κ3) is 7.79. The molecule has 30 heavy (non-hydrogen) atoms. The summed E-state index contributed by atoms with van der Waals surface area (Å²) in [5.74, 6) is -0.643. The Labute approximate surface area is 182 Å². The van der Waals surface area contributed by atoms with Gasteiger partial charge >= 0.3 is 0 Å². The number of rotatable bonds is 13. The summed E-state index contributed by atoms with van der Waals surface area (Å²) in [4.78, 5) is 15.7. The highest BCUT2D eigenvalue weighted by atomic mass is 32.2. The van der Waals surface area contributed by atoms with Crippen LogP contribution in [0.3, 0.4) is 0 Å². The number of hydrogen-bond acceptors (Lipinski definition) is 5. The van der Waals surface area contributed by atoms with Crippen molar-refractivity contribution in [2.45, 2.75) is 32.9 Å². The zero-order valence-corrected chi connectivity index (χ0v) is 19.1. The van der Waals surface area contributed by atoms with Gasteiger partial charge in [-0.2, -0.15) is 4.31 Å². The molecule has 2 rings (SSSR count). The van der Waals surface area contributed by atoms with Crippen molar-refractivity contribution in [1.29, 1.82) is 0 Å². The summed E-state index contributed by atoms with van der Waals surface area (Å²) in [7, 11) is -2.07. The first-order chi connectivity index (χ1) is 14.4. The summed E-state index contributed by atoms with van der Waals surface area (Å²) in [6, 6.07) is 9.79. The number of benzene rings is 1. The first-order valence-corrected chi connectivity index (χ1v) is 12.4. The van der Waals surface area contributed by atoms with E-state index >= 15 is 0 Å². The minimum atomic E-state index is -3.57. The molecule has 0 aliphatic rings. The van der Waals surface area contributed by atoms with Crippen molar-refractivity contribution in [2.24, 2.45) is 0 Å². The molecule has 0 fully saturated rings. The Hall–Kier alpha value is -1.81. The Morgan fingerprint density at radius 3 is 2.50 bits per heavy atom. The number of sulfonamides is 1. The predicted molar refractivity (Wildman–Crippen MR) is 117 cm³/mol. The molecule has 0 N–H and O–H groups in total. The van der Waals surface area contributed by atoms with Crippen LogP contribution in [-0.4, -0.2) is 56.1 Å². The van der Waals surface area contributed by atoms with E-state index in [0.717, 1.165) is 16.9 Å². The molecular formula is C21H29FN2O4S2. The Bertz CT molecular complexity index is 871. The van der Waals surface area contributed by atoms with E-state index in [-0.39, 0.29) is 43.7 Å². The Morgan fingerprint density at radius 2 is 1.90 bits per heavy atom. The van der Waals surface area contributed by atoms with Gasteiger partial charge in [-0.05, 0) is 35.6 Å². The van der Waals surface area contributed by atoms with E-state index in [1.54, 1.807) is 17.0 Å². The molecule has 1 aromatic carbocycles. The van der Waals surface area contributed by atoms with Gasteiger partial charge in [0.05, 0.1) is 25.4 Å². The summed E-state index contributed by atoms with van der Waals surface area (Å²) in [5.41, 5.74) is 0.776. The fourth-order valence-electron chi connectivity index (χ4n) is 2.85. The average Bonchev–Trinajstić information content (AvgIpc) is 3.23. The number of ether oxygens (including phenoxy) is 1. The number of hydrogen-bond donors (Lipinski definition) is 0. The van der Waals surface area contributed by atoms with Crippen LogP contribution in [0, 0.1) is 5.82 Å². The summed E-state index contributed by atoms with van der Waals surface area (Å²) in [5, 5.41) is 1.93. The van der Waals surface area contributed by atoms with Gasteiger partial charge in [-0.25, -0.2) is 12.8 Å². The normalized spacial score (nSPS) is 11.7. The molecule has 0 unspecified atom stereocenters. The molecule has 6 nitrogen and oxygen atoms in total. The number of nitrogens with zero attached hydrogens (tertiary/aromatic N) is 2. The van der Waals surface area contributed by atoms with Gasteiger partial charge in [0, 0.05) is 25.1 Å². The second-order valence-corrected chi connectivity index (χ2v) is 10.1. The van der Waals surface area contributed by atoms with Gasteiger partial charge < -0.3 is 9.64 Å². The molecule has 0 saturated heterocycles. The topological polar surface area (TPSA) is 66.9 Å². The van der Waals surface area contributed by atoms with Gasteiger partial charge in [0.2, 0.25) is 15.9 Å². The largest absolute Gasteiger partial charge is 0.383 e. The minimum absolute atomic E-state index is 0.00335. The number of thiophene rings is 1. The average molecular weight is 457 g/mol. The van der Waals surface area contributed by atoms with E-state index in [9.17, 15) is 17.6 Å². The van der Waals surface area contributed by atoms with E-state index in [4.69, 9.17) is 4.74 Å². The van der Waals surface area contributed by atoms with E-state index in [2.05, 4.69) is 0 Å². The summed E-state index contributed by atoms with van der Waals surface area (Å²) < 4.78 is 45.0. The van der Waals surface area contributed by atoms with Crippen molar-refractivity contribution >= 4 is 27.3 Å². The molecule has 2 aromatic rings. The van der Waals surface area contributed by atoms with Crippen LogP contribution in [0.4, 0.5) is 4.39 Å². The minimum Gasteiger partial charge on any atom is -0.383 e. The Kier molecular flexibility index (Phi) is 9.90. The van der Waals surface area contributed by atoms with Crippen LogP contribution >= 0.6 is 11.3 Å². The van der Waals surface area contributed by atoms with E-state index in [1.807, 2.05) is 24.4 Å². The van der Waals surface area contributed by atoms with Crippen LogP contribution in [0.25, 0.3) is 0 Å². The number of carbonyl (C=O) groups excluding carboxylic acids is 1. The zero-order valence-electron chi connectivity index (χ0n) is 17.4. The molecule has 0 radical (unpaired) electrons. The highest BCUT2D eigenvalue weighted by molar-refractivity contribution is 7.89. The zero-order chi connectivity index (χ0) is 22.0. The summed E-state index contributed by atoms with van der Waals surface area (Å²) in [6.07, 6.45) is 1.29. The molecule has 0 spiro atoms. The number of halogens is 1. The van der Waals surface area contributed by atoms with Gasteiger partial charge in [0.1, 0.15) is 5.82 Å². The van der Waals surface area contributed by atoms with Gasteiger partial charge in [0.25, 0.3) is 0 Å². The summed E-state index contributed by atoms with van der Waals surface area (Å²) in [6.45, 7) is 2.64. The first kappa shape index (κ1) is 24.5. The lowest BCUT2D eigenvalue weighted by Gasteiger charge is -2.27. The molecule has 0 aliphatic carbocycles. The predicted octanol–water partition coefficient (Wildman–Crippen LogP) is 3.49. The van der Waals surface area contributed by atoms with Crippen molar-refractivity contribution in [2.75, 3.05) is 32.6 Å². The molecular weight excluding hydrogens is 427 g/mol. The van der Waals surface area contributed by atoms with Gasteiger partial charge in [-0.3, -0.25) is 4.79 Å². The molecule has 1 heterocycles. The maximum atomic E-state index is 13.2.